The number of amides is 1. The normalized spacial score (nSPS) is 26.5. The number of benzene rings is 2. The SMILES string of the molecule is C=CCN1CC[C@]23c4c5c(O)cc(OC)c4O[C@H]2[C@@H](N(C)C(=O)CCCCCCCCCCc2ccccc2)CC[C@H]3[C@H]1C5. The van der Waals surface area contributed by atoms with E-state index in [-0.39, 0.29) is 23.5 Å². The number of carbonyl (C=O) groups is 1. The lowest BCUT2D eigenvalue weighted by Crippen LogP contribution is -2.68. The third-order valence-electron chi connectivity index (χ3n) is 11.4. The minimum Gasteiger partial charge on any atom is -0.508 e. The number of aromatic hydroxyl groups is 1. The van der Waals surface area contributed by atoms with Gasteiger partial charge >= 0.3 is 0 Å². The largest absolute Gasteiger partial charge is 0.508 e. The van der Waals surface area contributed by atoms with Crippen molar-refractivity contribution in [3.8, 4) is 17.2 Å². The van der Waals surface area contributed by atoms with Crippen LogP contribution >= 0.6 is 0 Å². The molecule has 1 amide bonds. The maximum Gasteiger partial charge on any atom is 0.222 e. The van der Waals surface area contributed by atoms with E-state index in [0.717, 1.165) is 62.9 Å². The number of nitrogens with zero attached hydrogens (tertiary/aromatic N) is 2. The Morgan fingerprint density at radius 1 is 1.11 bits per heavy atom. The van der Waals surface area contributed by atoms with Crippen LogP contribution in [0.5, 0.6) is 17.2 Å². The average Bonchev–Trinajstić information content (AvgIpc) is 3.38. The second-order valence-electron chi connectivity index (χ2n) is 13.7. The lowest BCUT2D eigenvalue weighted by atomic mass is 9.51. The molecule has 2 aliphatic carbocycles. The zero-order valence-electron chi connectivity index (χ0n) is 26.9. The molecule has 2 heterocycles. The van der Waals surface area contributed by atoms with E-state index in [2.05, 4.69) is 41.8 Å². The van der Waals surface area contributed by atoms with Crippen LogP contribution in [0, 0.1) is 5.92 Å². The van der Waals surface area contributed by atoms with Crippen molar-refractivity contribution < 1.29 is 19.4 Å². The minimum absolute atomic E-state index is 0.0199. The summed E-state index contributed by atoms with van der Waals surface area (Å²) in [7, 11) is 3.64. The van der Waals surface area contributed by atoms with E-state index in [1.807, 2.05) is 18.0 Å². The number of ether oxygens (including phenoxy) is 2. The van der Waals surface area contributed by atoms with Crippen LogP contribution in [0.3, 0.4) is 0 Å². The van der Waals surface area contributed by atoms with Gasteiger partial charge in [0.2, 0.25) is 5.91 Å². The van der Waals surface area contributed by atoms with Gasteiger partial charge in [-0.15, -0.1) is 6.58 Å². The van der Waals surface area contributed by atoms with Crippen molar-refractivity contribution in [2.24, 2.45) is 5.92 Å². The fraction of sp³-hybridized carbons (Fsp3) is 0.605. The highest BCUT2D eigenvalue weighted by atomic mass is 16.5. The average molecular weight is 601 g/mol. The fourth-order valence-electron chi connectivity index (χ4n) is 9.26. The maximum atomic E-state index is 13.6. The Balaban J connectivity index is 1.03. The molecular weight excluding hydrogens is 548 g/mol. The molecule has 4 aliphatic rings. The van der Waals surface area contributed by atoms with Crippen molar-refractivity contribution in [2.45, 2.75) is 113 Å². The molecule has 5 atom stereocenters. The number of phenols is 1. The lowest BCUT2D eigenvalue weighted by molar-refractivity contribution is -0.140. The van der Waals surface area contributed by atoms with Crippen molar-refractivity contribution in [3.05, 3.63) is 65.7 Å². The summed E-state index contributed by atoms with van der Waals surface area (Å²) < 4.78 is 12.6. The zero-order chi connectivity index (χ0) is 30.7. The van der Waals surface area contributed by atoms with Gasteiger partial charge in [0.25, 0.3) is 0 Å². The molecule has 6 rings (SSSR count). The Kier molecular flexibility index (Phi) is 9.56. The number of likely N-dealkylation sites (tertiary alicyclic amines) is 1. The molecule has 6 heteroatoms. The molecule has 2 aromatic rings. The van der Waals surface area contributed by atoms with Crippen LogP contribution in [-0.2, 0) is 23.1 Å². The number of methoxy groups -OCH3 is 1. The smallest absolute Gasteiger partial charge is 0.222 e. The highest BCUT2D eigenvalue weighted by Crippen LogP contribution is 2.65. The lowest BCUT2D eigenvalue weighted by Gasteiger charge is -2.60. The van der Waals surface area contributed by atoms with Gasteiger partial charge in [-0.1, -0.05) is 74.9 Å². The van der Waals surface area contributed by atoms with Crippen molar-refractivity contribution in [3.63, 3.8) is 0 Å². The van der Waals surface area contributed by atoms with E-state index in [4.69, 9.17) is 9.47 Å². The van der Waals surface area contributed by atoms with Crippen LogP contribution in [0.1, 0.15) is 93.7 Å². The Morgan fingerprint density at radius 2 is 1.84 bits per heavy atom. The molecule has 6 nitrogen and oxygen atoms in total. The van der Waals surface area contributed by atoms with E-state index in [1.165, 1.54) is 56.1 Å². The number of carbonyl (C=O) groups excluding carboxylic acids is 1. The molecule has 1 spiro atoms. The standard InChI is InChI=1S/C38H52N2O4/c1-4-23-40-24-22-38-29-20-21-30(37(38)44-36-33(43-3)26-32(41)28(35(36)38)25-31(29)40)39(2)34(42)19-15-10-8-6-5-7-9-12-16-27-17-13-11-14-18-27/h4,11,13-14,17-18,26,29-31,37,41H,1,5-10,12,15-16,19-25H2,2-3H3/t29-,30-,31+,37-,38-/m0/s1. The van der Waals surface area contributed by atoms with Crippen molar-refractivity contribution in [1.82, 2.24) is 9.80 Å². The van der Waals surface area contributed by atoms with Crippen LogP contribution < -0.4 is 9.47 Å². The van der Waals surface area contributed by atoms with Gasteiger partial charge in [0.15, 0.2) is 11.5 Å². The molecule has 44 heavy (non-hydrogen) atoms. The molecule has 2 bridgehead atoms. The van der Waals surface area contributed by atoms with Crippen LogP contribution in [0.25, 0.3) is 0 Å². The molecule has 238 valence electrons. The zero-order valence-corrected chi connectivity index (χ0v) is 26.9. The number of phenolic OH excluding ortho intramolecular Hbond substituents is 1. The second kappa shape index (κ2) is 13.6. The fourth-order valence-corrected chi connectivity index (χ4v) is 9.26. The summed E-state index contributed by atoms with van der Waals surface area (Å²) >= 11 is 0. The van der Waals surface area contributed by atoms with Crippen molar-refractivity contribution >= 4 is 5.91 Å². The number of unbranched alkanes of at least 4 members (excludes halogenated alkanes) is 7. The van der Waals surface area contributed by atoms with Crippen molar-refractivity contribution in [2.75, 3.05) is 27.2 Å². The molecule has 1 saturated carbocycles. The predicted octanol–water partition coefficient (Wildman–Crippen LogP) is 7.21. The first-order chi connectivity index (χ1) is 21.5. The van der Waals surface area contributed by atoms with Crippen LogP contribution in [0.2, 0.25) is 0 Å². The monoisotopic (exact) mass is 600 g/mol. The first-order valence-corrected chi connectivity index (χ1v) is 17.2. The third kappa shape index (κ3) is 5.63. The Bertz CT molecular complexity index is 1310. The molecule has 2 aliphatic heterocycles. The molecule has 0 radical (unpaired) electrons. The number of hydrogen-bond donors (Lipinski definition) is 1. The summed E-state index contributed by atoms with van der Waals surface area (Å²) in [6, 6.07) is 12.9. The molecule has 0 aromatic heterocycles. The summed E-state index contributed by atoms with van der Waals surface area (Å²) in [6.45, 7) is 5.85. The number of rotatable bonds is 15. The van der Waals surface area contributed by atoms with E-state index in [9.17, 15) is 9.90 Å². The Labute approximate surface area is 264 Å². The summed E-state index contributed by atoms with van der Waals surface area (Å²) in [5, 5.41) is 11.1. The van der Waals surface area contributed by atoms with Gasteiger partial charge in [-0.2, -0.15) is 0 Å². The highest BCUT2D eigenvalue weighted by Gasteiger charge is 2.66. The summed E-state index contributed by atoms with van der Waals surface area (Å²) in [5.41, 5.74) is 3.43. The van der Waals surface area contributed by atoms with Gasteiger partial charge in [0.05, 0.1) is 13.2 Å². The Hall–Kier alpha value is -2.99. The summed E-state index contributed by atoms with van der Waals surface area (Å²) in [5.74, 6) is 2.39. The quantitative estimate of drug-likeness (QED) is 0.173. The molecule has 1 N–H and O–H groups in total. The van der Waals surface area contributed by atoms with Crippen LogP contribution in [0.15, 0.2) is 49.1 Å². The molecule has 1 saturated heterocycles. The maximum absolute atomic E-state index is 13.6. The second-order valence-corrected chi connectivity index (χ2v) is 13.7. The topological polar surface area (TPSA) is 62.2 Å². The van der Waals surface area contributed by atoms with E-state index >= 15 is 0 Å². The number of hydrogen-bond acceptors (Lipinski definition) is 5. The number of aryl methyl sites for hydroxylation is 1. The number of piperidine rings is 1. The third-order valence-corrected chi connectivity index (χ3v) is 11.4. The van der Waals surface area contributed by atoms with E-state index < -0.39 is 0 Å². The van der Waals surface area contributed by atoms with E-state index in [0.29, 0.717) is 29.9 Å². The van der Waals surface area contributed by atoms with Gasteiger partial charge in [-0.25, -0.2) is 0 Å². The molecule has 2 aromatic carbocycles. The van der Waals surface area contributed by atoms with Gasteiger partial charge in [0, 0.05) is 48.7 Å². The first kappa shape index (κ1) is 31.0. The van der Waals surface area contributed by atoms with Gasteiger partial charge < -0.3 is 19.5 Å². The van der Waals surface area contributed by atoms with Gasteiger partial charge in [-0.3, -0.25) is 9.69 Å². The summed E-state index contributed by atoms with van der Waals surface area (Å²) in [6.07, 6.45) is 17.2. The predicted molar refractivity (Wildman–Crippen MR) is 176 cm³/mol. The molecule has 2 fully saturated rings. The first-order valence-electron chi connectivity index (χ1n) is 17.2. The summed E-state index contributed by atoms with van der Waals surface area (Å²) in [4.78, 5) is 18.1. The molecule has 0 unspecified atom stereocenters. The Morgan fingerprint density at radius 3 is 2.57 bits per heavy atom. The van der Waals surface area contributed by atoms with Crippen LogP contribution in [0.4, 0.5) is 0 Å². The number of likely N-dealkylation sites (N-methyl/N-ethyl adjacent to an activating group) is 1. The van der Waals surface area contributed by atoms with Gasteiger partial charge in [-0.05, 0) is 63.0 Å². The van der Waals surface area contributed by atoms with Gasteiger partial charge in [0.1, 0.15) is 11.9 Å². The van der Waals surface area contributed by atoms with Crippen molar-refractivity contribution in [1.29, 1.82) is 0 Å². The van der Waals surface area contributed by atoms with E-state index in [1.54, 1.807) is 13.2 Å². The minimum atomic E-state index is -0.199. The molecular formula is C38H52N2O4. The highest BCUT2D eigenvalue weighted by molar-refractivity contribution is 5.76. The van der Waals surface area contributed by atoms with Crippen LogP contribution in [-0.4, -0.2) is 66.2 Å².